The Kier molecular flexibility index (Phi) is 4.42. The average molecular weight is 343 g/mol. The lowest BCUT2D eigenvalue weighted by Gasteiger charge is -2.29. The summed E-state index contributed by atoms with van der Waals surface area (Å²) in [5.41, 5.74) is 0.767. The molecule has 1 saturated carbocycles. The van der Waals surface area contributed by atoms with Gasteiger partial charge in [0, 0.05) is 15.2 Å². The molecule has 1 aliphatic rings. The van der Waals surface area contributed by atoms with E-state index in [1.54, 1.807) is 0 Å². The highest BCUT2D eigenvalue weighted by molar-refractivity contribution is 14.1. The van der Waals surface area contributed by atoms with E-state index in [0.717, 1.165) is 15.6 Å². The van der Waals surface area contributed by atoms with Crippen LogP contribution in [0.3, 0.4) is 0 Å². The SMILES string of the molecule is C[C@@H]1CCCC[C@H]1NC(=O)c1ccc(I)cc1. The number of carbonyl (C=O) groups excluding carboxylic acids is 1. The highest BCUT2D eigenvalue weighted by Gasteiger charge is 2.22. The minimum atomic E-state index is 0.0696. The molecule has 1 amide bonds. The molecule has 1 N–H and O–H groups in total. The Labute approximate surface area is 116 Å². The van der Waals surface area contributed by atoms with Crippen molar-refractivity contribution in [1.82, 2.24) is 5.32 Å². The summed E-state index contributed by atoms with van der Waals surface area (Å²) in [4.78, 5) is 12.1. The van der Waals surface area contributed by atoms with Crippen molar-refractivity contribution < 1.29 is 4.79 Å². The molecule has 2 nitrogen and oxygen atoms in total. The molecule has 3 heteroatoms. The summed E-state index contributed by atoms with van der Waals surface area (Å²) < 4.78 is 1.16. The third-order valence-corrected chi connectivity index (χ3v) is 4.25. The van der Waals surface area contributed by atoms with Gasteiger partial charge in [0.1, 0.15) is 0 Å². The van der Waals surface area contributed by atoms with Gasteiger partial charge in [-0.25, -0.2) is 0 Å². The van der Waals surface area contributed by atoms with Crippen LogP contribution in [0.1, 0.15) is 43.0 Å². The molecule has 0 unspecified atom stereocenters. The Bertz CT molecular complexity index is 388. The molecule has 17 heavy (non-hydrogen) atoms. The second kappa shape index (κ2) is 5.85. The van der Waals surface area contributed by atoms with Crippen molar-refractivity contribution in [3.05, 3.63) is 33.4 Å². The fraction of sp³-hybridized carbons (Fsp3) is 0.500. The molecule has 2 atom stereocenters. The maximum absolute atomic E-state index is 12.1. The monoisotopic (exact) mass is 343 g/mol. The Morgan fingerprint density at radius 2 is 1.88 bits per heavy atom. The first-order valence-corrected chi connectivity index (χ1v) is 7.31. The molecule has 92 valence electrons. The molecule has 1 aliphatic carbocycles. The Morgan fingerprint density at radius 3 is 2.53 bits per heavy atom. The van der Waals surface area contributed by atoms with Crippen molar-refractivity contribution in [1.29, 1.82) is 0 Å². The quantitative estimate of drug-likeness (QED) is 0.817. The van der Waals surface area contributed by atoms with Crippen LogP contribution in [0.2, 0.25) is 0 Å². The van der Waals surface area contributed by atoms with E-state index >= 15 is 0 Å². The molecule has 0 saturated heterocycles. The first-order valence-electron chi connectivity index (χ1n) is 6.23. The average Bonchev–Trinajstić information content (AvgIpc) is 2.33. The van der Waals surface area contributed by atoms with Gasteiger partial charge in [0.25, 0.3) is 5.91 Å². The molecule has 0 spiro atoms. The summed E-state index contributed by atoms with van der Waals surface area (Å²) in [7, 11) is 0. The molecular formula is C14H18INO. The Morgan fingerprint density at radius 1 is 1.24 bits per heavy atom. The zero-order valence-electron chi connectivity index (χ0n) is 10.1. The van der Waals surface area contributed by atoms with Gasteiger partial charge in [-0.1, -0.05) is 19.8 Å². The van der Waals surface area contributed by atoms with Gasteiger partial charge < -0.3 is 5.32 Å². The molecule has 0 aliphatic heterocycles. The maximum Gasteiger partial charge on any atom is 0.251 e. The molecule has 1 aromatic carbocycles. The number of hydrogen-bond donors (Lipinski definition) is 1. The summed E-state index contributed by atoms with van der Waals surface area (Å²) >= 11 is 2.25. The Hall–Kier alpha value is -0.580. The van der Waals surface area contributed by atoms with Crippen LogP contribution in [0.25, 0.3) is 0 Å². The van der Waals surface area contributed by atoms with Gasteiger partial charge in [-0.15, -0.1) is 0 Å². The largest absolute Gasteiger partial charge is 0.349 e. The van der Waals surface area contributed by atoms with Gasteiger partial charge in [-0.05, 0) is 65.6 Å². The first-order chi connectivity index (χ1) is 8.16. The van der Waals surface area contributed by atoms with Crippen LogP contribution >= 0.6 is 22.6 Å². The number of rotatable bonds is 2. The van der Waals surface area contributed by atoms with E-state index in [1.807, 2.05) is 24.3 Å². The van der Waals surface area contributed by atoms with Crippen molar-refractivity contribution in [2.45, 2.75) is 38.6 Å². The van der Waals surface area contributed by atoms with E-state index in [1.165, 1.54) is 19.3 Å². The number of carbonyl (C=O) groups is 1. The zero-order valence-corrected chi connectivity index (χ0v) is 12.2. The third kappa shape index (κ3) is 3.44. The number of benzene rings is 1. The van der Waals surface area contributed by atoms with Crippen molar-refractivity contribution in [3.63, 3.8) is 0 Å². The third-order valence-electron chi connectivity index (χ3n) is 3.53. The van der Waals surface area contributed by atoms with Gasteiger partial charge in [-0.3, -0.25) is 4.79 Å². The lowest BCUT2D eigenvalue weighted by Crippen LogP contribution is -2.41. The minimum absolute atomic E-state index is 0.0696. The second-order valence-electron chi connectivity index (χ2n) is 4.85. The highest BCUT2D eigenvalue weighted by atomic mass is 127. The highest BCUT2D eigenvalue weighted by Crippen LogP contribution is 2.24. The number of hydrogen-bond acceptors (Lipinski definition) is 1. The number of halogens is 1. The van der Waals surface area contributed by atoms with Crippen LogP contribution in [0.5, 0.6) is 0 Å². The molecule has 1 aromatic rings. The van der Waals surface area contributed by atoms with Gasteiger partial charge >= 0.3 is 0 Å². The van der Waals surface area contributed by atoms with Crippen molar-refractivity contribution in [2.75, 3.05) is 0 Å². The van der Waals surface area contributed by atoms with Crippen LogP contribution in [-0.4, -0.2) is 11.9 Å². The van der Waals surface area contributed by atoms with E-state index in [0.29, 0.717) is 12.0 Å². The van der Waals surface area contributed by atoms with Crippen LogP contribution in [-0.2, 0) is 0 Å². The summed E-state index contributed by atoms with van der Waals surface area (Å²) in [5.74, 6) is 0.677. The second-order valence-corrected chi connectivity index (χ2v) is 6.09. The number of amides is 1. The molecule has 0 radical (unpaired) electrons. The lowest BCUT2D eigenvalue weighted by molar-refractivity contribution is 0.0910. The van der Waals surface area contributed by atoms with Gasteiger partial charge in [0.2, 0.25) is 0 Å². The van der Waals surface area contributed by atoms with E-state index in [2.05, 4.69) is 34.8 Å². The lowest BCUT2D eigenvalue weighted by atomic mass is 9.86. The topological polar surface area (TPSA) is 29.1 Å². The maximum atomic E-state index is 12.1. The van der Waals surface area contributed by atoms with Gasteiger partial charge in [-0.2, -0.15) is 0 Å². The van der Waals surface area contributed by atoms with E-state index in [9.17, 15) is 4.79 Å². The standard InChI is InChI=1S/C14H18INO/c1-10-4-2-3-5-13(10)16-14(17)11-6-8-12(15)9-7-11/h6-10,13H,2-5H2,1H3,(H,16,17)/t10-,13-/m1/s1. The molecule has 0 bridgehead atoms. The van der Waals surface area contributed by atoms with Crippen LogP contribution in [0.4, 0.5) is 0 Å². The predicted molar refractivity (Wildman–Crippen MR) is 78.0 cm³/mol. The van der Waals surface area contributed by atoms with Crippen molar-refractivity contribution >= 4 is 28.5 Å². The smallest absolute Gasteiger partial charge is 0.251 e. The van der Waals surface area contributed by atoms with Crippen molar-refractivity contribution in [3.8, 4) is 0 Å². The number of nitrogens with one attached hydrogen (secondary N) is 1. The molecule has 0 aromatic heterocycles. The van der Waals surface area contributed by atoms with Gasteiger partial charge in [0.05, 0.1) is 0 Å². The van der Waals surface area contributed by atoms with E-state index < -0.39 is 0 Å². The molecule has 0 heterocycles. The Balaban J connectivity index is 1.98. The summed E-state index contributed by atoms with van der Waals surface area (Å²) in [5, 5.41) is 3.16. The van der Waals surface area contributed by atoms with Crippen LogP contribution in [0.15, 0.2) is 24.3 Å². The van der Waals surface area contributed by atoms with Gasteiger partial charge in [0.15, 0.2) is 0 Å². The molecule has 2 rings (SSSR count). The van der Waals surface area contributed by atoms with E-state index in [-0.39, 0.29) is 5.91 Å². The normalized spacial score (nSPS) is 24.4. The zero-order chi connectivity index (χ0) is 12.3. The first kappa shape index (κ1) is 12.9. The molecule has 1 fully saturated rings. The summed E-state index contributed by atoms with van der Waals surface area (Å²) in [6.45, 7) is 2.23. The van der Waals surface area contributed by atoms with E-state index in [4.69, 9.17) is 0 Å². The minimum Gasteiger partial charge on any atom is -0.349 e. The molecular weight excluding hydrogens is 325 g/mol. The van der Waals surface area contributed by atoms with Crippen LogP contribution in [0, 0.1) is 9.49 Å². The van der Waals surface area contributed by atoms with Crippen molar-refractivity contribution in [2.24, 2.45) is 5.92 Å². The fourth-order valence-corrected chi connectivity index (χ4v) is 2.74. The summed E-state index contributed by atoms with van der Waals surface area (Å²) in [6, 6.07) is 8.09. The van der Waals surface area contributed by atoms with Crippen LogP contribution < -0.4 is 5.32 Å². The predicted octanol–water partition coefficient (Wildman–Crippen LogP) is 3.60. The fourth-order valence-electron chi connectivity index (χ4n) is 2.38. The summed E-state index contributed by atoms with van der Waals surface area (Å²) in [6.07, 6.45) is 4.90.